The number of rotatable bonds is 5. The molecule has 2 bridgehead atoms. The molecule has 0 radical (unpaired) electrons. The van der Waals surface area contributed by atoms with Gasteiger partial charge in [0, 0.05) is 22.9 Å². The molecule has 2 aromatic carbocycles. The summed E-state index contributed by atoms with van der Waals surface area (Å²) in [7, 11) is 0. The molecule has 0 spiro atoms. The number of hydrogen-bond acceptors (Lipinski definition) is 8. The summed E-state index contributed by atoms with van der Waals surface area (Å²) >= 11 is 6.01. The quantitative estimate of drug-likeness (QED) is 0.277. The van der Waals surface area contributed by atoms with E-state index in [9.17, 15) is 19.2 Å². The molecule has 2 atom stereocenters. The van der Waals surface area contributed by atoms with E-state index >= 15 is 4.39 Å². The van der Waals surface area contributed by atoms with Gasteiger partial charge in [-0.1, -0.05) is 42.6 Å². The van der Waals surface area contributed by atoms with E-state index in [2.05, 4.69) is 42.2 Å². The molecule has 15 heteroatoms. The maximum absolute atomic E-state index is 15.0. The molecule has 4 aromatic rings. The van der Waals surface area contributed by atoms with Gasteiger partial charge in [-0.3, -0.25) is 9.59 Å². The van der Waals surface area contributed by atoms with Gasteiger partial charge < -0.3 is 20.5 Å². The maximum Gasteiger partial charge on any atom is 0.245 e. The Bertz CT molecular complexity index is 1800. The van der Waals surface area contributed by atoms with Gasteiger partial charge in [-0.2, -0.15) is 9.94 Å². The Morgan fingerprint density at radius 2 is 1.96 bits per heavy atom. The topological polar surface area (TPSA) is 158 Å². The Labute approximate surface area is 261 Å². The van der Waals surface area contributed by atoms with Crippen LogP contribution in [0.25, 0.3) is 23.0 Å². The Balaban J connectivity index is 1.29. The fourth-order valence-electron chi connectivity index (χ4n) is 5.47. The number of hydrogen-bond donors (Lipinski definition) is 3. The van der Waals surface area contributed by atoms with E-state index < -0.39 is 30.0 Å². The first kappa shape index (κ1) is 29.9. The number of benzene rings is 2. The zero-order chi connectivity index (χ0) is 31.5. The molecule has 45 heavy (non-hydrogen) atoms. The number of alkyl halides is 1. The number of halogens is 3. The summed E-state index contributed by atoms with van der Waals surface area (Å²) in [6.07, 6.45) is 4.84. The van der Waals surface area contributed by atoms with E-state index in [0.717, 1.165) is 0 Å². The lowest BCUT2D eigenvalue weighted by Crippen LogP contribution is -2.56. The second-order valence-corrected chi connectivity index (χ2v) is 11.2. The van der Waals surface area contributed by atoms with Gasteiger partial charge in [0.25, 0.3) is 0 Å². The Morgan fingerprint density at radius 3 is 2.71 bits per heavy atom. The standard InChI is InChI=1S/C30H27ClF2N10O2/c31-20-10-11-25(43-16-35-40-41-43)19(27(20)33)9-12-26(44)37-22-7-3-4-8-23(30(45)42-14-17(32)15-42)36-21-6-2-1-5-18(21)28-24(13-34)38-29(22)39-28/h1-2,5-6,9-12,16-17,22-23,36H,3-4,7-8,14-15H2,(H,37,44)(H,38,39)/t22-,23+/m0/s1. The van der Waals surface area contributed by atoms with Crippen molar-refractivity contribution in [3.63, 3.8) is 0 Å². The molecule has 1 fully saturated rings. The fourth-order valence-corrected chi connectivity index (χ4v) is 5.63. The number of fused-ring (bicyclic) bond motifs is 4. The van der Waals surface area contributed by atoms with Crippen LogP contribution in [0.1, 0.15) is 48.8 Å². The summed E-state index contributed by atoms with van der Waals surface area (Å²) < 4.78 is 29.8. The van der Waals surface area contributed by atoms with Gasteiger partial charge in [0.1, 0.15) is 30.4 Å². The number of carbonyl (C=O) groups excluding carboxylic acids is 2. The van der Waals surface area contributed by atoms with Gasteiger partial charge in [-0.25, -0.2) is 13.8 Å². The number of likely N-dealkylation sites (tertiary alicyclic amines) is 1. The van der Waals surface area contributed by atoms with E-state index in [-0.39, 0.29) is 41.0 Å². The molecular formula is C30H27ClF2N10O2. The number of para-hydroxylation sites is 1. The van der Waals surface area contributed by atoms with Gasteiger partial charge in [-0.05, 0) is 47.5 Å². The minimum Gasteiger partial charge on any atom is -0.373 e. The van der Waals surface area contributed by atoms with Gasteiger partial charge >= 0.3 is 0 Å². The largest absolute Gasteiger partial charge is 0.373 e. The molecule has 1 saturated heterocycles. The predicted octanol–water partition coefficient (Wildman–Crippen LogP) is 4.12. The van der Waals surface area contributed by atoms with Crippen LogP contribution in [0.5, 0.6) is 0 Å². The second kappa shape index (κ2) is 12.8. The Kier molecular flexibility index (Phi) is 8.52. The van der Waals surface area contributed by atoms with Crippen molar-refractivity contribution < 1.29 is 18.4 Å². The van der Waals surface area contributed by atoms with E-state index in [1.165, 1.54) is 40.2 Å². The highest BCUT2D eigenvalue weighted by Gasteiger charge is 2.35. The van der Waals surface area contributed by atoms with Crippen LogP contribution in [0.15, 0.2) is 48.8 Å². The third-order valence-corrected chi connectivity index (χ3v) is 8.08. The lowest BCUT2D eigenvalue weighted by molar-refractivity contribution is -0.139. The second-order valence-electron chi connectivity index (χ2n) is 10.8. The molecule has 4 heterocycles. The molecule has 0 saturated carbocycles. The number of imidazole rings is 1. The zero-order valence-corrected chi connectivity index (χ0v) is 24.5. The number of anilines is 1. The van der Waals surface area contributed by atoms with Crippen LogP contribution >= 0.6 is 11.6 Å². The molecule has 2 aliphatic rings. The van der Waals surface area contributed by atoms with Crippen molar-refractivity contribution in [2.24, 2.45) is 0 Å². The number of aromatic nitrogens is 6. The van der Waals surface area contributed by atoms with E-state index in [1.54, 1.807) is 18.2 Å². The van der Waals surface area contributed by atoms with Crippen LogP contribution in [0.2, 0.25) is 5.02 Å². The molecule has 2 aromatic heterocycles. The van der Waals surface area contributed by atoms with Crippen LogP contribution in [-0.4, -0.2) is 72.2 Å². The van der Waals surface area contributed by atoms with Crippen molar-refractivity contribution in [2.45, 2.75) is 43.9 Å². The number of nitrogens with zero attached hydrogens (tertiary/aromatic N) is 7. The van der Waals surface area contributed by atoms with Crippen LogP contribution < -0.4 is 10.6 Å². The molecule has 3 N–H and O–H groups in total. The van der Waals surface area contributed by atoms with E-state index in [0.29, 0.717) is 48.5 Å². The summed E-state index contributed by atoms with van der Waals surface area (Å²) in [4.78, 5) is 35.7. The van der Waals surface area contributed by atoms with Gasteiger partial charge in [0.2, 0.25) is 11.8 Å². The Hall–Kier alpha value is -5.16. The number of tetrazole rings is 1. The molecule has 12 nitrogen and oxygen atoms in total. The molecule has 230 valence electrons. The van der Waals surface area contributed by atoms with E-state index in [4.69, 9.17) is 11.6 Å². The molecular weight excluding hydrogens is 606 g/mol. The normalized spacial score (nSPS) is 18.6. The van der Waals surface area contributed by atoms with Crippen LogP contribution in [0.4, 0.5) is 14.5 Å². The molecule has 0 unspecified atom stereocenters. The van der Waals surface area contributed by atoms with Crippen LogP contribution in [0.3, 0.4) is 0 Å². The average Bonchev–Trinajstić information content (AvgIpc) is 3.71. The number of nitrogens with one attached hydrogen (secondary N) is 3. The lowest BCUT2D eigenvalue weighted by Gasteiger charge is -2.37. The molecule has 0 aliphatic carbocycles. The van der Waals surface area contributed by atoms with Crippen LogP contribution in [0, 0.1) is 17.1 Å². The highest BCUT2D eigenvalue weighted by Crippen LogP contribution is 2.33. The number of nitriles is 1. The predicted molar refractivity (Wildman–Crippen MR) is 160 cm³/mol. The summed E-state index contributed by atoms with van der Waals surface area (Å²) in [6, 6.07) is 11.0. The van der Waals surface area contributed by atoms with Gasteiger partial charge in [-0.15, -0.1) is 5.10 Å². The van der Waals surface area contributed by atoms with Crippen molar-refractivity contribution in [1.29, 1.82) is 5.26 Å². The number of aromatic amines is 1. The van der Waals surface area contributed by atoms with Gasteiger partial charge in [0.05, 0.1) is 35.5 Å². The third kappa shape index (κ3) is 6.25. The smallest absolute Gasteiger partial charge is 0.245 e. The fraction of sp³-hybridized carbons (Fsp3) is 0.300. The summed E-state index contributed by atoms with van der Waals surface area (Å²) in [5, 5.41) is 27.0. The average molecular weight is 633 g/mol. The SMILES string of the molecule is N#Cc1nc2[nH]c1-c1ccccc1N[C@@H](C(=O)N1CC(F)C1)CCCC[C@@H]2NC(=O)C=Cc1c(-n2cnnn2)ccc(Cl)c1F. The highest BCUT2D eigenvalue weighted by molar-refractivity contribution is 6.31. The molecule has 2 aliphatic heterocycles. The third-order valence-electron chi connectivity index (χ3n) is 7.79. The molecule has 2 amide bonds. The lowest BCUT2D eigenvalue weighted by atomic mass is 10.0. The summed E-state index contributed by atoms with van der Waals surface area (Å²) in [5.41, 5.74) is 2.07. The zero-order valence-electron chi connectivity index (χ0n) is 23.8. The van der Waals surface area contributed by atoms with Crippen molar-refractivity contribution in [2.75, 3.05) is 18.4 Å². The first-order valence-electron chi connectivity index (χ1n) is 14.3. The van der Waals surface area contributed by atoms with Gasteiger partial charge in [0.15, 0.2) is 11.5 Å². The van der Waals surface area contributed by atoms with Crippen LogP contribution in [-0.2, 0) is 9.59 Å². The van der Waals surface area contributed by atoms with Crippen molar-refractivity contribution in [3.05, 3.63) is 76.7 Å². The first-order chi connectivity index (χ1) is 21.8. The highest BCUT2D eigenvalue weighted by atomic mass is 35.5. The minimum atomic E-state index is -1.02. The van der Waals surface area contributed by atoms with Crippen molar-refractivity contribution >= 4 is 35.2 Å². The summed E-state index contributed by atoms with van der Waals surface area (Å²) in [5.74, 6) is -1.10. The van der Waals surface area contributed by atoms with Crippen molar-refractivity contribution in [3.8, 4) is 23.0 Å². The van der Waals surface area contributed by atoms with Crippen molar-refractivity contribution in [1.82, 2.24) is 40.4 Å². The Morgan fingerprint density at radius 1 is 1.16 bits per heavy atom. The monoisotopic (exact) mass is 632 g/mol. The maximum atomic E-state index is 15.0. The van der Waals surface area contributed by atoms with E-state index in [1.807, 2.05) is 6.07 Å². The number of H-pyrrole nitrogens is 1. The molecule has 6 rings (SSSR count). The first-order valence-corrected chi connectivity index (χ1v) is 14.7. The number of amides is 2. The number of carbonyl (C=O) groups is 2. The summed E-state index contributed by atoms with van der Waals surface area (Å²) in [6.45, 7) is 0.137. The minimum absolute atomic E-state index is 0.0109.